The molecule has 0 unspecified atom stereocenters. The maximum Gasteiger partial charge on any atom is 0.410 e. The maximum absolute atomic E-state index is 12.6. The van der Waals surface area contributed by atoms with E-state index in [4.69, 9.17) is 19.2 Å². The lowest BCUT2D eigenvalue weighted by Gasteiger charge is -2.34. The highest BCUT2D eigenvalue weighted by Gasteiger charge is 2.30. The van der Waals surface area contributed by atoms with Crippen molar-refractivity contribution in [2.45, 2.75) is 90.6 Å². The molecule has 0 N–H and O–H groups in total. The molecule has 2 aromatic carbocycles. The number of rotatable bonds is 9. The van der Waals surface area contributed by atoms with E-state index in [0.29, 0.717) is 23.5 Å². The van der Waals surface area contributed by atoms with Crippen molar-refractivity contribution in [3.05, 3.63) is 94.2 Å². The van der Waals surface area contributed by atoms with Crippen LogP contribution in [0.25, 0.3) is 17.1 Å². The van der Waals surface area contributed by atoms with Gasteiger partial charge in [0.2, 0.25) is 5.88 Å². The van der Waals surface area contributed by atoms with Crippen molar-refractivity contribution in [2.75, 3.05) is 26.8 Å². The third-order valence-electron chi connectivity index (χ3n) is 9.66. The molecule has 1 fully saturated rings. The van der Waals surface area contributed by atoms with E-state index in [2.05, 4.69) is 48.4 Å². The number of fused-ring (bicyclic) bond motifs is 1. The van der Waals surface area contributed by atoms with Crippen LogP contribution in [0.3, 0.4) is 0 Å². The van der Waals surface area contributed by atoms with Crippen LogP contribution in [0.4, 0.5) is 4.79 Å². The van der Waals surface area contributed by atoms with Gasteiger partial charge in [-0.25, -0.2) is 14.6 Å². The van der Waals surface area contributed by atoms with Gasteiger partial charge in [0.05, 0.1) is 25.6 Å². The molecule has 4 aromatic rings. The predicted octanol–water partition coefficient (Wildman–Crippen LogP) is 8.07. The van der Waals surface area contributed by atoms with Gasteiger partial charge in [0, 0.05) is 18.7 Å². The first-order valence-corrected chi connectivity index (χ1v) is 17.6. The third kappa shape index (κ3) is 7.36. The van der Waals surface area contributed by atoms with Crippen molar-refractivity contribution in [1.82, 2.24) is 19.7 Å². The van der Waals surface area contributed by atoms with Gasteiger partial charge in [-0.1, -0.05) is 49.4 Å². The maximum atomic E-state index is 12.6. The quantitative estimate of drug-likeness (QED) is 0.167. The van der Waals surface area contributed by atoms with Gasteiger partial charge in [-0.2, -0.15) is 9.78 Å². The molecule has 6 rings (SSSR count). The van der Waals surface area contributed by atoms with E-state index in [1.807, 2.05) is 43.9 Å². The lowest BCUT2D eigenvalue weighted by Crippen LogP contribution is -2.41. The SMILES string of the molecule is CCOC(=O)c1cnn(-c2cccc(-c3cccc4c3[C@@H](Cc3ccc(C5CCN(C(=O)OC(C)(C)C)CC5)c(CC)c3)CC4)n2)c1OC. The second-order valence-corrected chi connectivity index (χ2v) is 14.0. The van der Waals surface area contributed by atoms with Gasteiger partial charge in [0.25, 0.3) is 0 Å². The molecular weight excluding hydrogens is 616 g/mol. The molecular formula is C40H48N4O5. The number of methoxy groups -OCH3 is 1. The highest BCUT2D eigenvalue weighted by Crippen LogP contribution is 2.42. The number of ether oxygens (including phenoxy) is 3. The van der Waals surface area contributed by atoms with Gasteiger partial charge >= 0.3 is 12.1 Å². The molecule has 49 heavy (non-hydrogen) atoms. The first kappa shape index (κ1) is 34.2. The van der Waals surface area contributed by atoms with E-state index in [0.717, 1.165) is 62.9 Å². The lowest BCUT2D eigenvalue weighted by atomic mass is 9.83. The molecule has 9 nitrogen and oxygen atoms in total. The van der Waals surface area contributed by atoms with E-state index < -0.39 is 11.6 Å². The number of aryl methyl sites for hydroxylation is 2. The highest BCUT2D eigenvalue weighted by molar-refractivity contribution is 5.92. The zero-order valence-corrected chi connectivity index (χ0v) is 29.6. The van der Waals surface area contributed by atoms with E-state index in [1.165, 1.54) is 41.1 Å². The smallest absolute Gasteiger partial charge is 0.410 e. The third-order valence-corrected chi connectivity index (χ3v) is 9.66. The summed E-state index contributed by atoms with van der Waals surface area (Å²) in [5.41, 5.74) is 8.69. The Morgan fingerprint density at radius 2 is 1.76 bits per heavy atom. The lowest BCUT2D eigenvalue weighted by molar-refractivity contribution is 0.0204. The van der Waals surface area contributed by atoms with Gasteiger partial charge in [-0.3, -0.25) is 0 Å². The molecule has 1 aliphatic heterocycles. The van der Waals surface area contributed by atoms with Gasteiger partial charge in [0.1, 0.15) is 11.2 Å². The fourth-order valence-electron chi connectivity index (χ4n) is 7.43. The van der Waals surface area contributed by atoms with E-state index in [1.54, 1.807) is 11.6 Å². The van der Waals surface area contributed by atoms with Crippen molar-refractivity contribution in [2.24, 2.45) is 0 Å². The van der Waals surface area contributed by atoms with E-state index >= 15 is 0 Å². The summed E-state index contributed by atoms with van der Waals surface area (Å²) in [6, 6.07) is 19.5. The number of esters is 1. The van der Waals surface area contributed by atoms with Crippen molar-refractivity contribution in [1.29, 1.82) is 0 Å². The standard InChI is InChI=1S/C40H48N4O5/c1-7-27-23-26(15-18-31(27)28-19-21-43(22-20-28)39(46)49-40(3,4)5)24-30-17-16-29-11-9-12-32(36(29)30)34-13-10-14-35(42-34)44-37(47-6)33(25-41-44)38(45)48-8-2/h9-15,18,23,25,28,30H,7-8,16-17,19-22,24H2,1-6H3/t30-/m1/s1. The Bertz CT molecular complexity index is 1820. The Labute approximate surface area is 289 Å². The Morgan fingerprint density at radius 3 is 2.47 bits per heavy atom. The minimum atomic E-state index is -0.480. The normalized spacial score (nSPS) is 16.4. The summed E-state index contributed by atoms with van der Waals surface area (Å²) in [4.78, 5) is 32.0. The summed E-state index contributed by atoms with van der Waals surface area (Å²) in [6.07, 6.45) is 7.23. The number of carbonyl (C=O) groups is 2. The summed E-state index contributed by atoms with van der Waals surface area (Å²) in [5.74, 6) is 1.20. The molecule has 0 saturated carbocycles. The molecule has 1 saturated heterocycles. The van der Waals surface area contributed by atoms with Crippen LogP contribution in [0.5, 0.6) is 5.88 Å². The molecule has 258 valence electrons. The second-order valence-electron chi connectivity index (χ2n) is 14.0. The number of aromatic nitrogens is 3. The van der Waals surface area contributed by atoms with Crippen LogP contribution < -0.4 is 4.74 Å². The second kappa shape index (κ2) is 14.4. The number of carbonyl (C=O) groups excluding carboxylic acids is 2. The Hall–Kier alpha value is -4.66. The van der Waals surface area contributed by atoms with Crippen molar-refractivity contribution in [3.63, 3.8) is 0 Å². The highest BCUT2D eigenvalue weighted by atomic mass is 16.6. The number of pyridine rings is 1. The molecule has 0 radical (unpaired) electrons. The first-order valence-electron chi connectivity index (χ1n) is 17.6. The zero-order valence-electron chi connectivity index (χ0n) is 29.6. The topological polar surface area (TPSA) is 95.8 Å². The number of likely N-dealkylation sites (tertiary alicyclic amines) is 1. The van der Waals surface area contributed by atoms with E-state index in [9.17, 15) is 9.59 Å². The number of hydrogen-bond donors (Lipinski definition) is 0. The summed E-state index contributed by atoms with van der Waals surface area (Å²) < 4.78 is 17.9. The molecule has 0 spiro atoms. The minimum absolute atomic E-state index is 0.209. The zero-order chi connectivity index (χ0) is 34.7. The van der Waals surface area contributed by atoms with Crippen LogP contribution in [0, 0.1) is 0 Å². The molecule has 9 heteroatoms. The van der Waals surface area contributed by atoms with Crippen molar-refractivity contribution >= 4 is 12.1 Å². The average molecular weight is 665 g/mol. The molecule has 1 atom stereocenters. The van der Waals surface area contributed by atoms with Crippen LogP contribution in [0.15, 0.2) is 60.8 Å². The number of amides is 1. The fraction of sp³-hybridized carbons (Fsp3) is 0.450. The average Bonchev–Trinajstić information content (AvgIpc) is 3.72. The van der Waals surface area contributed by atoms with Crippen LogP contribution in [-0.2, 0) is 28.7 Å². The molecule has 0 bridgehead atoms. The van der Waals surface area contributed by atoms with Crippen molar-refractivity contribution < 1.29 is 23.8 Å². The Balaban J connectivity index is 1.21. The molecule has 2 aromatic heterocycles. The van der Waals surface area contributed by atoms with Crippen LogP contribution in [-0.4, -0.2) is 64.1 Å². The van der Waals surface area contributed by atoms with Gasteiger partial charge in [-0.05, 0) is 118 Å². The number of benzene rings is 2. The van der Waals surface area contributed by atoms with Crippen LogP contribution in [0.1, 0.15) is 104 Å². The van der Waals surface area contributed by atoms with Crippen molar-refractivity contribution in [3.8, 4) is 23.0 Å². The van der Waals surface area contributed by atoms with E-state index in [-0.39, 0.29) is 18.3 Å². The monoisotopic (exact) mass is 664 g/mol. The molecule has 1 amide bonds. The number of hydrogen-bond acceptors (Lipinski definition) is 7. The first-order chi connectivity index (χ1) is 23.6. The summed E-state index contributed by atoms with van der Waals surface area (Å²) in [6.45, 7) is 11.5. The van der Waals surface area contributed by atoms with Gasteiger partial charge in [-0.15, -0.1) is 0 Å². The molecule has 1 aliphatic carbocycles. The minimum Gasteiger partial charge on any atom is -0.480 e. The Morgan fingerprint density at radius 1 is 0.980 bits per heavy atom. The Kier molecular flexibility index (Phi) is 10.1. The summed E-state index contributed by atoms with van der Waals surface area (Å²) in [5, 5.41) is 4.43. The van der Waals surface area contributed by atoms with Crippen LogP contribution >= 0.6 is 0 Å². The summed E-state index contributed by atoms with van der Waals surface area (Å²) >= 11 is 0. The van der Waals surface area contributed by atoms with Crippen LogP contribution in [0.2, 0.25) is 0 Å². The number of nitrogens with zero attached hydrogens (tertiary/aromatic N) is 4. The fourth-order valence-corrected chi connectivity index (χ4v) is 7.43. The summed E-state index contributed by atoms with van der Waals surface area (Å²) in [7, 11) is 1.51. The largest absolute Gasteiger partial charge is 0.480 e. The molecule has 2 aliphatic rings. The number of piperidine rings is 1. The van der Waals surface area contributed by atoms with Gasteiger partial charge in [0.15, 0.2) is 5.82 Å². The molecule has 3 heterocycles. The van der Waals surface area contributed by atoms with Gasteiger partial charge < -0.3 is 19.1 Å². The predicted molar refractivity (Wildman–Crippen MR) is 190 cm³/mol.